The third-order valence-electron chi connectivity index (χ3n) is 3.12. The third kappa shape index (κ3) is 1.72. The minimum atomic E-state index is -1.59. The zero-order chi connectivity index (χ0) is 12.7. The summed E-state index contributed by atoms with van der Waals surface area (Å²) in [5.41, 5.74) is 2.13. The molecule has 3 N–H and O–H groups in total. The van der Waals surface area contributed by atoms with Crippen LogP contribution in [0.4, 0.5) is 0 Å². The van der Waals surface area contributed by atoms with Crippen molar-refractivity contribution in [3.05, 3.63) is 23.8 Å². The molecule has 6 nitrogen and oxygen atoms in total. The van der Waals surface area contributed by atoms with Crippen molar-refractivity contribution in [2.45, 2.75) is 13.3 Å². The molecule has 0 radical (unpaired) electrons. The van der Waals surface area contributed by atoms with E-state index >= 15 is 0 Å². The van der Waals surface area contributed by atoms with Crippen LogP contribution in [-0.4, -0.2) is 40.1 Å². The Morgan fingerprint density at radius 3 is 3.00 bits per heavy atom. The van der Waals surface area contributed by atoms with Crippen molar-refractivity contribution < 1.29 is 14.8 Å². The molecule has 1 unspecified atom stereocenters. The summed E-state index contributed by atoms with van der Waals surface area (Å²) in [4.78, 5) is 0. The summed E-state index contributed by atoms with van der Waals surface area (Å²) in [6.07, 6.45) is -0.346. The monoisotopic (exact) mass is 247 g/mol. The van der Waals surface area contributed by atoms with Gasteiger partial charge in [0.1, 0.15) is 5.59 Å². The Balaban J connectivity index is 2.24. The standard InChI is InChI=1S/C11H14BN3O3/c1-7-3-2-4-8-9(7)15(11-13-5-6-18-11)14-10(8)12(16)17/h2-4,11,13,16-17H,5-6H2,1H3. The van der Waals surface area contributed by atoms with Crippen molar-refractivity contribution in [2.75, 3.05) is 13.2 Å². The van der Waals surface area contributed by atoms with Gasteiger partial charge in [0.15, 0.2) is 0 Å². The average molecular weight is 247 g/mol. The quantitative estimate of drug-likeness (QED) is 0.599. The van der Waals surface area contributed by atoms with Crippen molar-refractivity contribution in [1.29, 1.82) is 0 Å². The van der Waals surface area contributed by atoms with Gasteiger partial charge < -0.3 is 14.8 Å². The van der Waals surface area contributed by atoms with Gasteiger partial charge in [0, 0.05) is 11.9 Å². The van der Waals surface area contributed by atoms with Crippen LogP contribution in [0.3, 0.4) is 0 Å². The number of nitrogens with zero attached hydrogens (tertiary/aromatic N) is 2. The first-order valence-electron chi connectivity index (χ1n) is 5.87. The Bertz CT molecular complexity index is 578. The van der Waals surface area contributed by atoms with Gasteiger partial charge in [-0.2, -0.15) is 5.10 Å². The van der Waals surface area contributed by atoms with E-state index in [1.807, 2.05) is 25.1 Å². The molecule has 1 aliphatic rings. The lowest BCUT2D eigenvalue weighted by Crippen LogP contribution is -2.33. The number of aromatic nitrogens is 2. The summed E-state index contributed by atoms with van der Waals surface area (Å²) in [5.74, 6) is 0. The zero-order valence-electron chi connectivity index (χ0n) is 10.00. The van der Waals surface area contributed by atoms with E-state index < -0.39 is 7.12 Å². The summed E-state index contributed by atoms with van der Waals surface area (Å²) < 4.78 is 7.19. The molecule has 7 heteroatoms. The number of rotatable bonds is 2. The molecule has 0 saturated carbocycles. The van der Waals surface area contributed by atoms with Gasteiger partial charge in [-0.1, -0.05) is 18.2 Å². The van der Waals surface area contributed by atoms with Crippen LogP contribution in [0.15, 0.2) is 18.2 Å². The van der Waals surface area contributed by atoms with E-state index in [9.17, 15) is 10.0 Å². The molecule has 0 aliphatic carbocycles. The van der Waals surface area contributed by atoms with E-state index in [4.69, 9.17) is 4.74 Å². The second kappa shape index (κ2) is 4.36. The summed E-state index contributed by atoms with van der Waals surface area (Å²) in [6.45, 7) is 3.34. The maximum atomic E-state index is 9.39. The second-order valence-electron chi connectivity index (χ2n) is 4.35. The Hall–Kier alpha value is -1.41. The van der Waals surface area contributed by atoms with Crippen LogP contribution in [0, 0.1) is 6.92 Å². The van der Waals surface area contributed by atoms with E-state index in [0.717, 1.165) is 23.0 Å². The van der Waals surface area contributed by atoms with Crippen LogP contribution in [0.25, 0.3) is 10.9 Å². The molecule has 1 fully saturated rings. The Morgan fingerprint density at radius 1 is 1.50 bits per heavy atom. The van der Waals surface area contributed by atoms with Crippen molar-refractivity contribution >= 4 is 23.6 Å². The van der Waals surface area contributed by atoms with Crippen LogP contribution in [0.1, 0.15) is 11.9 Å². The molecule has 1 saturated heterocycles. The first-order valence-corrected chi connectivity index (χ1v) is 5.87. The lowest BCUT2D eigenvalue weighted by atomic mass is 9.83. The minimum absolute atomic E-state index is 0.256. The molecule has 1 aliphatic heterocycles. The molecular formula is C11H14BN3O3. The van der Waals surface area contributed by atoms with Gasteiger partial charge in [-0.15, -0.1) is 0 Å². The largest absolute Gasteiger partial charge is 0.510 e. The predicted octanol–water partition coefficient (Wildman–Crippen LogP) is -0.900. The van der Waals surface area contributed by atoms with Gasteiger partial charge in [0.25, 0.3) is 0 Å². The van der Waals surface area contributed by atoms with Crippen LogP contribution in [0.2, 0.25) is 0 Å². The molecule has 0 spiro atoms. The molecule has 18 heavy (non-hydrogen) atoms. The number of nitrogens with one attached hydrogen (secondary N) is 1. The smallest absolute Gasteiger partial charge is 0.422 e. The van der Waals surface area contributed by atoms with Gasteiger partial charge in [0.05, 0.1) is 12.1 Å². The molecule has 94 valence electrons. The van der Waals surface area contributed by atoms with E-state index in [1.165, 1.54) is 0 Å². The van der Waals surface area contributed by atoms with Gasteiger partial charge in [-0.25, -0.2) is 4.68 Å². The van der Waals surface area contributed by atoms with E-state index in [0.29, 0.717) is 6.61 Å². The normalized spacial score (nSPS) is 19.6. The van der Waals surface area contributed by atoms with Crippen molar-refractivity contribution in [1.82, 2.24) is 15.1 Å². The highest BCUT2D eigenvalue weighted by Gasteiger charge is 2.26. The van der Waals surface area contributed by atoms with Crippen LogP contribution < -0.4 is 10.9 Å². The highest BCUT2D eigenvalue weighted by molar-refractivity contribution is 6.60. The zero-order valence-corrected chi connectivity index (χ0v) is 10.00. The lowest BCUT2D eigenvalue weighted by Gasteiger charge is -2.12. The van der Waals surface area contributed by atoms with E-state index in [2.05, 4.69) is 10.4 Å². The van der Waals surface area contributed by atoms with Gasteiger partial charge in [-0.3, -0.25) is 5.32 Å². The number of hydrogen-bond donors (Lipinski definition) is 3. The Morgan fingerprint density at radius 2 is 2.33 bits per heavy atom. The number of aryl methyl sites for hydroxylation is 1. The number of hydrogen-bond acceptors (Lipinski definition) is 5. The van der Waals surface area contributed by atoms with E-state index in [-0.39, 0.29) is 11.9 Å². The maximum Gasteiger partial charge on any atom is 0.510 e. The van der Waals surface area contributed by atoms with Gasteiger partial charge in [-0.05, 0) is 12.5 Å². The van der Waals surface area contributed by atoms with Gasteiger partial charge in [0.2, 0.25) is 6.35 Å². The second-order valence-corrected chi connectivity index (χ2v) is 4.35. The minimum Gasteiger partial charge on any atom is -0.422 e. The Labute approximate surface area is 104 Å². The van der Waals surface area contributed by atoms with Crippen LogP contribution >= 0.6 is 0 Å². The fourth-order valence-electron chi connectivity index (χ4n) is 2.32. The molecular weight excluding hydrogens is 233 g/mol. The molecule has 1 aromatic heterocycles. The summed E-state index contributed by atoms with van der Waals surface area (Å²) in [5, 5.41) is 26.9. The number of para-hydroxylation sites is 1. The predicted molar refractivity (Wildman–Crippen MR) is 67.3 cm³/mol. The number of fused-ring (bicyclic) bond motifs is 1. The molecule has 1 aromatic carbocycles. The lowest BCUT2D eigenvalue weighted by molar-refractivity contribution is 0.0382. The van der Waals surface area contributed by atoms with Crippen molar-refractivity contribution in [3.8, 4) is 0 Å². The summed E-state index contributed by atoms with van der Waals surface area (Å²) >= 11 is 0. The fourth-order valence-corrected chi connectivity index (χ4v) is 2.32. The number of ether oxygens (including phenoxy) is 1. The highest BCUT2D eigenvalue weighted by Crippen LogP contribution is 2.21. The Kier molecular flexibility index (Phi) is 2.83. The fraction of sp³-hybridized carbons (Fsp3) is 0.364. The number of benzene rings is 1. The SMILES string of the molecule is Cc1cccc2c(B(O)O)nn(C3NCCO3)c12. The highest BCUT2D eigenvalue weighted by atomic mass is 16.5. The first-order chi connectivity index (χ1) is 8.68. The molecule has 0 amide bonds. The summed E-state index contributed by atoms with van der Waals surface area (Å²) in [7, 11) is -1.59. The molecule has 2 aromatic rings. The van der Waals surface area contributed by atoms with E-state index in [1.54, 1.807) is 4.68 Å². The molecule has 2 heterocycles. The molecule has 1 atom stereocenters. The third-order valence-corrected chi connectivity index (χ3v) is 3.12. The van der Waals surface area contributed by atoms with Crippen LogP contribution in [-0.2, 0) is 4.74 Å². The molecule has 0 bridgehead atoms. The maximum absolute atomic E-state index is 9.39. The first kappa shape index (κ1) is 11.7. The molecule has 3 rings (SSSR count). The van der Waals surface area contributed by atoms with Crippen molar-refractivity contribution in [2.24, 2.45) is 0 Å². The average Bonchev–Trinajstić information content (AvgIpc) is 2.95. The van der Waals surface area contributed by atoms with Gasteiger partial charge >= 0.3 is 7.12 Å². The summed E-state index contributed by atoms with van der Waals surface area (Å²) in [6, 6.07) is 5.66. The van der Waals surface area contributed by atoms with Crippen molar-refractivity contribution in [3.63, 3.8) is 0 Å². The van der Waals surface area contributed by atoms with Crippen LogP contribution in [0.5, 0.6) is 0 Å². The topological polar surface area (TPSA) is 79.5 Å².